The van der Waals surface area contributed by atoms with Gasteiger partial charge in [0.2, 0.25) is 0 Å². The molecule has 0 atom stereocenters. The molecule has 0 unspecified atom stereocenters. The average molecular weight is 315 g/mol. The maximum Gasteiger partial charge on any atom is 0.255 e. The molecular formula is C13H12Cl2N2OS. The molecule has 2 rings (SSSR count). The monoisotopic (exact) mass is 314 g/mol. The number of rotatable bonds is 3. The predicted octanol–water partition coefficient (Wildman–Crippen LogP) is 3.91. The Balaban J connectivity index is 2.24. The molecule has 0 fully saturated rings. The lowest BCUT2D eigenvalue weighted by molar-refractivity contribution is 0.0785. The van der Waals surface area contributed by atoms with E-state index in [2.05, 4.69) is 0 Å². The fraction of sp³-hybridized carbons (Fsp3) is 0.154. The van der Waals surface area contributed by atoms with E-state index in [0.717, 1.165) is 5.56 Å². The highest BCUT2D eigenvalue weighted by Crippen LogP contribution is 2.29. The molecule has 0 bridgehead atoms. The van der Waals surface area contributed by atoms with Crippen LogP contribution >= 0.6 is 34.5 Å². The van der Waals surface area contributed by atoms with Crippen LogP contribution in [0.2, 0.25) is 10.0 Å². The quantitative estimate of drug-likeness (QED) is 0.873. The first-order chi connectivity index (χ1) is 8.99. The molecule has 19 heavy (non-hydrogen) atoms. The van der Waals surface area contributed by atoms with E-state index < -0.39 is 0 Å². The SMILES string of the molecule is CN(Cc1ccsc1)C(=O)c1cc(N)cc(Cl)c1Cl. The Hall–Kier alpha value is -1.23. The Bertz CT molecular complexity index is 599. The van der Waals surface area contributed by atoms with E-state index in [1.54, 1.807) is 29.4 Å². The molecule has 100 valence electrons. The van der Waals surface area contributed by atoms with Gasteiger partial charge in [0.25, 0.3) is 5.91 Å². The van der Waals surface area contributed by atoms with Crippen molar-refractivity contribution in [2.24, 2.45) is 0 Å². The minimum atomic E-state index is -0.203. The van der Waals surface area contributed by atoms with Gasteiger partial charge in [-0.3, -0.25) is 4.79 Å². The molecule has 1 heterocycles. The summed E-state index contributed by atoms with van der Waals surface area (Å²) >= 11 is 13.6. The summed E-state index contributed by atoms with van der Waals surface area (Å²) in [6.07, 6.45) is 0. The summed E-state index contributed by atoms with van der Waals surface area (Å²) in [4.78, 5) is 13.9. The van der Waals surface area contributed by atoms with Crippen molar-refractivity contribution in [1.29, 1.82) is 0 Å². The summed E-state index contributed by atoms with van der Waals surface area (Å²) in [6, 6.07) is 5.04. The van der Waals surface area contributed by atoms with Gasteiger partial charge in [-0.1, -0.05) is 23.2 Å². The lowest BCUT2D eigenvalue weighted by Gasteiger charge is -2.18. The largest absolute Gasteiger partial charge is 0.399 e. The number of nitrogen functional groups attached to an aromatic ring is 1. The van der Waals surface area contributed by atoms with Gasteiger partial charge in [0, 0.05) is 19.3 Å². The van der Waals surface area contributed by atoms with Crippen LogP contribution in [-0.4, -0.2) is 17.9 Å². The van der Waals surface area contributed by atoms with Gasteiger partial charge >= 0.3 is 0 Å². The highest BCUT2D eigenvalue weighted by atomic mass is 35.5. The van der Waals surface area contributed by atoms with E-state index in [1.807, 2.05) is 16.8 Å². The number of anilines is 1. The molecule has 0 saturated heterocycles. The van der Waals surface area contributed by atoms with Crippen molar-refractivity contribution < 1.29 is 4.79 Å². The van der Waals surface area contributed by atoms with Gasteiger partial charge in [0.1, 0.15) is 0 Å². The third kappa shape index (κ3) is 3.21. The van der Waals surface area contributed by atoms with Crippen molar-refractivity contribution >= 4 is 46.1 Å². The van der Waals surface area contributed by atoms with Crippen LogP contribution < -0.4 is 5.73 Å². The van der Waals surface area contributed by atoms with Gasteiger partial charge in [0.15, 0.2) is 0 Å². The number of nitrogens with two attached hydrogens (primary N) is 1. The standard InChI is InChI=1S/C13H12Cl2N2OS/c1-17(6-8-2-3-19-7-8)13(18)10-4-9(16)5-11(14)12(10)15/h2-5,7H,6,16H2,1H3. The molecule has 2 aromatic rings. The zero-order chi connectivity index (χ0) is 14.0. The molecule has 0 aliphatic carbocycles. The van der Waals surface area contributed by atoms with Crippen LogP contribution in [0.1, 0.15) is 15.9 Å². The first-order valence-corrected chi connectivity index (χ1v) is 7.20. The van der Waals surface area contributed by atoms with Crippen LogP contribution in [0, 0.1) is 0 Å². The van der Waals surface area contributed by atoms with E-state index in [4.69, 9.17) is 28.9 Å². The number of hydrogen-bond acceptors (Lipinski definition) is 3. The Morgan fingerprint density at radius 1 is 1.42 bits per heavy atom. The van der Waals surface area contributed by atoms with Gasteiger partial charge < -0.3 is 10.6 Å². The lowest BCUT2D eigenvalue weighted by Crippen LogP contribution is -2.26. The second-order valence-electron chi connectivity index (χ2n) is 4.16. The second-order valence-corrected chi connectivity index (χ2v) is 5.72. The summed E-state index contributed by atoms with van der Waals surface area (Å²) < 4.78 is 0. The Labute approximate surface area is 125 Å². The normalized spacial score (nSPS) is 10.5. The molecule has 0 aliphatic rings. The Kier molecular flexibility index (Phi) is 4.34. The number of halogens is 2. The molecule has 2 N–H and O–H groups in total. The van der Waals surface area contributed by atoms with Crippen LogP contribution in [0.5, 0.6) is 0 Å². The van der Waals surface area contributed by atoms with Crippen LogP contribution in [0.3, 0.4) is 0 Å². The van der Waals surface area contributed by atoms with Gasteiger partial charge in [-0.2, -0.15) is 11.3 Å². The topological polar surface area (TPSA) is 46.3 Å². The third-order valence-electron chi connectivity index (χ3n) is 2.63. The van der Waals surface area contributed by atoms with Gasteiger partial charge in [0.05, 0.1) is 15.6 Å². The molecule has 6 heteroatoms. The first kappa shape index (κ1) is 14.2. The van der Waals surface area contributed by atoms with Gasteiger partial charge in [-0.25, -0.2) is 0 Å². The molecule has 0 saturated carbocycles. The van der Waals surface area contributed by atoms with Gasteiger partial charge in [-0.05, 0) is 34.5 Å². The van der Waals surface area contributed by atoms with Gasteiger partial charge in [-0.15, -0.1) is 0 Å². The molecule has 0 radical (unpaired) electrons. The predicted molar refractivity (Wildman–Crippen MR) is 81.0 cm³/mol. The molecule has 0 spiro atoms. The summed E-state index contributed by atoms with van der Waals surface area (Å²) in [5.41, 5.74) is 7.51. The van der Waals surface area contributed by atoms with E-state index in [9.17, 15) is 4.79 Å². The van der Waals surface area contributed by atoms with Crippen LogP contribution in [0.15, 0.2) is 29.0 Å². The zero-order valence-electron chi connectivity index (χ0n) is 10.2. The van der Waals surface area contributed by atoms with Crippen molar-refractivity contribution in [3.05, 3.63) is 50.1 Å². The number of amides is 1. The number of benzene rings is 1. The van der Waals surface area contributed by atoms with E-state index >= 15 is 0 Å². The van der Waals surface area contributed by atoms with E-state index in [-0.39, 0.29) is 16.0 Å². The lowest BCUT2D eigenvalue weighted by atomic mass is 10.1. The minimum Gasteiger partial charge on any atom is -0.399 e. The number of nitrogens with zero attached hydrogens (tertiary/aromatic N) is 1. The molecule has 1 aromatic heterocycles. The number of carbonyl (C=O) groups is 1. The maximum absolute atomic E-state index is 12.3. The zero-order valence-corrected chi connectivity index (χ0v) is 12.5. The Morgan fingerprint density at radius 2 is 2.16 bits per heavy atom. The number of thiophene rings is 1. The number of carbonyl (C=O) groups excluding carboxylic acids is 1. The van der Waals surface area contributed by atoms with Crippen molar-refractivity contribution in [2.75, 3.05) is 12.8 Å². The van der Waals surface area contributed by atoms with Crippen molar-refractivity contribution in [3.63, 3.8) is 0 Å². The van der Waals surface area contributed by atoms with E-state index in [0.29, 0.717) is 17.8 Å². The summed E-state index contributed by atoms with van der Waals surface area (Å²) in [5, 5.41) is 4.49. The summed E-state index contributed by atoms with van der Waals surface area (Å²) in [7, 11) is 1.72. The van der Waals surface area contributed by atoms with Crippen molar-refractivity contribution in [1.82, 2.24) is 4.90 Å². The van der Waals surface area contributed by atoms with Crippen LogP contribution in [-0.2, 0) is 6.54 Å². The highest BCUT2D eigenvalue weighted by Gasteiger charge is 2.18. The molecule has 1 aromatic carbocycles. The number of hydrogen-bond donors (Lipinski definition) is 1. The fourth-order valence-electron chi connectivity index (χ4n) is 1.70. The Morgan fingerprint density at radius 3 is 2.79 bits per heavy atom. The first-order valence-electron chi connectivity index (χ1n) is 5.50. The van der Waals surface area contributed by atoms with Crippen molar-refractivity contribution in [2.45, 2.75) is 6.54 Å². The molecule has 1 amide bonds. The molecule has 3 nitrogen and oxygen atoms in total. The average Bonchev–Trinajstić information content (AvgIpc) is 2.85. The summed E-state index contributed by atoms with van der Waals surface area (Å²) in [5.74, 6) is -0.203. The molecular weight excluding hydrogens is 303 g/mol. The van der Waals surface area contributed by atoms with Crippen LogP contribution in [0.4, 0.5) is 5.69 Å². The molecule has 0 aliphatic heterocycles. The smallest absolute Gasteiger partial charge is 0.255 e. The summed E-state index contributed by atoms with van der Waals surface area (Å²) in [6.45, 7) is 0.519. The van der Waals surface area contributed by atoms with Crippen molar-refractivity contribution in [3.8, 4) is 0 Å². The van der Waals surface area contributed by atoms with Crippen LogP contribution in [0.25, 0.3) is 0 Å². The minimum absolute atomic E-state index is 0.203. The highest BCUT2D eigenvalue weighted by molar-refractivity contribution is 7.07. The third-order valence-corrected chi connectivity index (χ3v) is 4.16. The maximum atomic E-state index is 12.3. The second kappa shape index (κ2) is 5.82. The van der Waals surface area contributed by atoms with E-state index in [1.165, 1.54) is 6.07 Å². The fourth-order valence-corrected chi connectivity index (χ4v) is 2.78.